The Balaban J connectivity index is 2.33. The lowest BCUT2D eigenvalue weighted by atomic mass is 10.1. The van der Waals surface area contributed by atoms with Crippen LogP contribution in [0.5, 0.6) is 11.5 Å². The molecule has 2 N–H and O–H groups in total. The number of benzene rings is 2. The van der Waals surface area contributed by atoms with Crippen molar-refractivity contribution in [1.29, 1.82) is 0 Å². The molecule has 0 saturated heterocycles. The van der Waals surface area contributed by atoms with Crippen molar-refractivity contribution in [3.8, 4) is 11.5 Å². The normalized spacial score (nSPS) is 10.7. The van der Waals surface area contributed by atoms with Crippen molar-refractivity contribution in [3.63, 3.8) is 0 Å². The highest BCUT2D eigenvalue weighted by Crippen LogP contribution is 2.31. The number of ether oxygens (including phenoxy) is 1. The van der Waals surface area contributed by atoms with Crippen LogP contribution in [0.15, 0.2) is 30.3 Å². The van der Waals surface area contributed by atoms with Crippen LogP contribution >= 0.6 is 11.6 Å². The second kappa shape index (κ2) is 6.20. The average molecular weight is 298 g/mol. The van der Waals surface area contributed by atoms with Crippen LogP contribution in [-0.2, 0) is 6.42 Å². The smallest absolute Gasteiger partial charge is 0.198 e. The van der Waals surface area contributed by atoms with Gasteiger partial charge in [0.15, 0.2) is 17.4 Å². The molecule has 5 heteroatoms. The number of rotatable bonds is 4. The minimum absolute atomic E-state index is 0.329. The Morgan fingerprint density at radius 3 is 2.35 bits per heavy atom. The Bertz CT molecular complexity index is 608. The van der Waals surface area contributed by atoms with E-state index in [-0.39, 0.29) is 0 Å². The predicted molar refractivity (Wildman–Crippen MR) is 75.4 cm³/mol. The van der Waals surface area contributed by atoms with Crippen LogP contribution in [-0.4, -0.2) is 6.54 Å². The number of hydrogen-bond donors (Lipinski definition) is 1. The zero-order valence-corrected chi connectivity index (χ0v) is 11.7. The first-order chi connectivity index (χ1) is 9.51. The summed E-state index contributed by atoms with van der Waals surface area (Å²) in [5, 5.41) is 0.536. The van der Waals surface area contributed by atoms with Gasteiger partial charge in [0, 0.05) is 5.02 Å². The summed E-state index contributed by atoms with van der Waals surface area (Å²) in [6, 6.07) is 7.30. The number of nitrogens with two attached hydrogens (primary N) is 1. The Hall–Kier alpha value is -1.65. The van der Waals surface area contributed by atoms with Gasteiger partial charge in [0.25, 0.3) is 0 Å². The third-order valence-electron chi connectivity index (χ3n) is 2.84. The van der Waals surface area contributed by atoms with Gasteiger partial charge in [-0.25, -0.2) is 8.78 Å². The topological polar surface area (TPSA) is 35.2 Å². The Morgan fingerprint density at radius 2 is 1.80 bits per heavy atom. The lowest BCUT2D eigenvalue weighted by molar-refractivity contribution is 0.404. The van der Waals surface area contributed by atoms with Gasteiger partial charge in [-0.15, -0.1) is 0 Å². The quantitative estimate of drug-likeness (QED) is 0.917. The molecule has 0 unspecified atom stereocenters. The minimum Gasteiger partial charge on any atom is -0.451 e. The molecule has 0 saturated carbocycles. The number of hydrogen-bond acceptors (Lipinski definition) is 2. The fourth-order valence-corrected chi connectivity index (χ4v) is 2.08. The lowest BCUT2D eigenvalue weighted by Gasteiger charge is -2.11. The van der Waals surface area contributed by atoms with Gasteiger partial charge in [0.05, 0.1) is 0 Å². The van der Waals surface area contributed by atoms with Crippen LogP contribution in [0, 0.1) is 18.6 Å². The van der Waals surface area contributed by atoms with Crippen molar-refractivity contribution in [1.82, 2.24) is 0 Å². The highest BCUT2D eigenvalue weighted by Gasteiger charge is 2.14. The Kier molecular flexibility index (Phi) is 4.57. The van der Waals surface area contributed by atoms with Gasteiger partial charge >= 0.3 is 0 Å². The predicted octanol–water partition coefficient (Wildman–Crippen LogP) is 4.22. The first-order valence-electron chi connectivity index (χ1n) is 6.13. The molecule has 20 heavy (non-hydrogen) atoms. The largest absolute Gasteiger partial charge is 0.451 e. The van der Waals surface area contributed by atoms with Gasteiger partial charge in [0.1, 0.15) is 5.75 Å². The van der Waals surface area contributed by atoms with E-state index < -0.39 is 17.4 Å². The molecule has 0 aliphatic heterocycles. The molecule has 2 nitrogen and oxygen atoms in total. The third-order valence-corrected chi connectivity index (χ3v) is 3.08. The zero-order valence-electron chi connectivity index (χ0n) is 10.9. The molecule has 0 spiro atoms. The molecule has 2 aromatic rings. The van der Waals surface area contributed by atoms with Crippen LogP contribution in [0.4, 0.5) is 8.78 Å². The van der Waals surface area contributed by atoms with E-state index in [0.717, 1.165) is 0 Å². The maximum absolute atomic E-state index is 13.9. The minimum atomic E-state index is -0.747. The van der Waals surface area contributed by atoms with Crippen molar-refractivity contribution in [2.24, 2.45) is 5.73 Å². The molecule has 0 heterocycles. The molecule has 0 aliphatic rings. The fraction of sp³-hybridized carbons (Fsp3) is 0.200. The maximum atomic E-state index is 13.9. The molecule has 2 rings (SSSR count). The average Bonchev–Trinajstić information content (AvgIpc) is 2.36. The maximum Gasteiger partial charge on any atom is 0.198 e. The summed E-state index contributed by atoms with van der Waals surface area (Å²) in [6.45, 7) is 2.08. The first-order valence-corrected chi connectivity index (χ1v) is 6.51. The molecule has 106 valence electrons. The lowest BCUT2D eigenvalue weighted by Crippen LogP contribution is -2.04. The van der Waals surface area contributed by atoms with Crippen LogP contribution in [0.1, 0.15) is 11.1 Å². The summed E-state index contributed by atoms with van der Waals surface area (Å²) in [4.78, 5) is 0. The first kappa shape index (κ1) is 14.8. The molecule has 0 radical (unpaired) electrons. The van der Waals surface area contributed by atoms with E-state index in [1.807, 2.05) is 0 Å². The van der Waals surface area contributed by atoms with E-state index in [1.54, 1.807) is 25.1 Å². The number of aryl methyl sites for hydroxylation is 1. The van der Waals surface area contributed by atoms with Gasteiger partial charge in [-0.3, -0.25) is 0 Å². The Morgan fingerprint density at radius 1 is 1.15 bits per heavy atom. The summed E-state index contributed by atoms with van der Waals surface area (Å²) in [5.41, 5.74) is 6.57. The highest BCUT2D eigenvalue weighted by molar-refractivity contribution is 6.30. The van der Waals surface area contributed by atoms with E-state index >= 15 is 0 Å². The van der Waals surface area contributed by atoms with E-state index in [9.17, 15) is 8.78 Å². The summed E-state index contributed by atoms with van der Waals surface area (Å²) in [7, 11) is 0. The molecule has 0 amide bonds. The van der Waals surface area contributed by atoms with Gasteiger partial charge in [0.2, 0.25) is 0 Å². The summed E-state index contributed by atoms with van der Waals surface area (Å²) < 4.78 is 33.1. The molecule has 0 bridgehead atoms. The van der Waals surface area contributed by atoms with E-state index in [2.05, 4.69) is 0 Å². The van der Waals surface area contributed by atoms with E-state index in [4.69, 9.17) is 22.1 Å². The van der Waals surface area contributed by atoms with Gasteiger partial charge in [-0.05, 0) is 61.3 Å². The van der Waals surface area contributed by atoms with Crippen molar-refractivity contribution < 1.29 is 13.5 Å². The summed E-state index contributed by atoms with van der Waals surface area (Å²) in [6.07, 6.45) is 0.411. The molecule has 0 fully saturated rings. The second-order valence-electron chi connectivity index (χ2n) is 4.44. The van der Waals surface area contributed by atoms with Gasteiger partial charge in [-0.2, -0.15) is 0 Å². The molecule has 0 aromatic heterocycles. The van der Waals surface area contributed by atoms with Gasteiger partial charge < -0.3 is 10.5 Å². The Labute approximate surface area is 121 Å². The molecule has 0 atom stereocenters. The summed E-state index contributed by atoms with van der Waals surface area (Å²) in [5.74, 6) is -1.56. The van der Waals surface area contributed by atoms with Crippen LogP contribution in [0.2, 0.25) is 5.02 Å². The zero-order chi connectivity index (χ0) is 14.7. The molecule has 2 aromatic carbocycles. The van der Waals surface area contributed by atoms with Crippen molar-refractivity contribution >= 4 is 11.6 Å². The van der Waals surface area contributed by atoms with E-state index in [1.165, 1.54) is 12.1 Å². The van der Waals surface area contributed by atoms with Crippen LogP contribution in [0.25, 0.3) is 0 Å². The monoisotopic (exact) mass is 297 g/mol. The van der Waals surface area contributed by atoms with Crippen molar-refractivity contribution in [2.75, 3.05) is 6.54 Å². The standard InChI is InChI=1S/C15H14ClF2NO/c1-9-6-11(16)2-3-14(9)20-15-12(17)7-10(4-5-19)8-13(15)18/h2-3,6-8H,4-5,19H2,1H3. The third kappa shape index (κ3) is 3.26. The highest BCUT2D eigenvalue weighted by atomic mass is 35.5. The number of halogens is 3. The van der Waals surface area contributed by atoms with Crippen molar-refractivity contribution in [2.45, 2.75) is 13.3 Å². The SMILES string of the molecule is Cc1cc(Cl)ccc1Oc1c(F)cc(CCN)cc1F. The summed E-state index contributed by atoms with van der Waals surface area (Å²) >= 11 is 5.82. The molecular weight excluding hydrogens is 284 g/mol. The van der Waals surface area contributed by atoms with Crippen molar-refractivity contribution in [3.05, 3.63) is 58.1 Å². The van der Waals surface area contributed by atoms with Gasteiger partial charge in [-0.1, -0.05) is 11.6 Å². The second-order valence-corrected chi connectivity index (χ2v) is 4.88. The van der Waals surface area contributed by atoms with Crippen LogP contribution in [0.3, 0.4) is 0 Å². The van der Waals surface area contributed by atoms with E-state index in [0.29, 0.717) is 34.9 Å². The molecular formula is C15H14ClF2NO. The fourth-order valence-electron chi connectivity index (χ4n) is 1.86. The molecule has 0 aliphatic carbocycles. The van der Waals surface area contributed by atoms with Crippen LogP contribution < -0.4 is 10.5 Å².